The number of halogens is 1. The Morgan fingerprint density at radius 1 is 0.949 bits per heavy atom. The van der Waals surface area contributed by atoms with Crippen LogP contribution >= 0.6 is 22.6 Å². The Morgan fingerprint density at radius 2 is 1.56 bits per heavy atom. The lowest BCUT2D eigenvalue weighted by molar-refractivity contribution is -0.139. The largest absolute Gasteiger partial charge is 0.497 e. The van der Waals surface area contributed by atoms with E-state index < -0.39 is 28.5 Å². The van der Waals surface area contributed by atoms with Crippen LogP contribution in [0, 0.1) is 3.57 Å². The van der Waals surface area contributed by atoms with Gasteiger partial charge in [0, 0.05) is 16.2 Å². The van der Waals surface area contributed by atoms with Crippen molar-refractivity contribution >= 4 is 50.1 Å². The van der Waals surface area contributed by atoms with Crippen molar-refractivity contribution in [3.8, 4) is 5.75 Å². The maximum Gasteiger partial charge on any atom is 0.264 e. The second kappa shape index (κ2) is 13.8. The fourth-order valence-electron chi connectivity index (χ4n) is 3.83. The lowest BCUT2D eigenvalue weighted by atomic mass is 10.1. The molecule has 0 aliphatic rings. The Morgan fingerprint density at radius 3 is 2.13 bits per heavy atom. The molecule has 208 valence electrons. The highest BCUT2D eigenvalue weighted by atomic mass is 127. The minimum atomic E-state index is -4.08. The highest BCUT2D eigenvalue weighted by Crippen LogP contribution is 2.25. The Balaban J connectivity index is 2.00. The average Bonchev–Trinajstić information content (AvgIpc) is 2.95. The van der Waals surface area contributed by atoms with E-state index in [0.717, 1.165) is 19.9 Å². The van der Waals surface area contributed by atoms with E-state index in [0.29, 0.717) is 11.4 Å². The van der Waals surface area contributed by atoms with E-state index in [4.69, 9.17) is 4.74 Å². The predicted octanol–water partition coefficient (Wildman–Crippen LogP) is 4.83. The van der Waals surface area contributed by atoms with Gasteiger partial charge in [0.2, 0.25) is 11.8 Å². The summed E-state index contributed by atoms with van der Waals surface area (Å²) in [4.78, 5) is 28.5. The summed E-state index contributed by atoms with van der Waals surface area (Å²) >= 11 is 2.14. The molecule has 0 radical (unpaired) electrons. The molecule has 10 heteroatoms. The topological polar surface area (TPSA) is 96.0 Å². The van der Waals surface area contributed by atoms with E-state index >= 15 is 0 Å². The Bertz CT molecular complexity index is 1350. The Labute approximate surface area is 244 Å². The molecule has 0 aliphatic carbocycles. The molecule has 3 aromatic rings. The van der Waals surface area contributed by atoms with Gasteiger partial charge in [-0.25, -0.2) is 8.42 Å². The third-order valence-corrected chi connectivity index (χ3v) is 8.91. The van der Waals surface area contributed by atoms with Gasteiger partial charge in [0.1, 0.15) is 18.3 Å². The van der Waals surface area contributed by atoms with Crippen LogP contribution in [0.5, 0.6) is 5.75 Å². The van der Waals surface area contributed by atoms with Crippen molar-refractivity contribution in [2.24, 2.45) is 0 Å². The van der Waals surface area contributed by atoms with Crippen molar-refractivity contribution in [2.75, 3.05) is 18.0 Å². The van der Waals surface area contributed by atoms with Crippen molar-refractivity contribution in [1.82, 2.24) is 10.2 Å². The molecule has 0 spiro atoms. The summed E-state index contributed by atoms with van der Waals surface area (Å²) in [5, 5.41) is 2.93. The van der Waals surface area contributed by atoms with Crippen molar-refractivity contribution in [1.29, 1.82) is 0 Å². The van der Waals surface area contributed by atoms with Crippen LogP contribution in [0.2, 0.25) is 0 Å². The number of methoxy groups -OCH3 is 1. The van der Waals surface area contributed by atoms with Gasteiger partial charge in [0.25, 0.3) is 10.0 Å². The summed E-state index contributed by atoms with van der Waals surface area (Å²) in [6, 6.07) is 21.2. The van der Waals surface area contributed by atoms with Crippen LogP contribution in [0.1, 0.15) is 32.8 Å². The summed E-state index contributed by atoms with van der Waals surface area (Å²) in [6.07, 6.45) is 0.737. The van der Waals surface area contributed by atoms with Gasteiger partial charge in [-0.05, 0) is 97.0 Å². The van der Waals surface area contributed by atoms with E-state index in [-0.39, 0.29) is 23.4 Å². The molecule has 2 atom stereocenters. The van der Waals surface area contributed by atoms with E-state index in [1.807, 2.05) is 26.0 Å². The molecule has 0 heterocycles. The number of anilines is 1. The van der Waals surface area contributed by atoms with Crippen LogP contribution in [0.15, 0.2) is 83.8 Å². The number of carbonyl (C=O) groups excluding carboxylic acids is 2. The fraction of sp³-hybridized carbons (Fsp3) is 0.310. The maximum absolute atomic E-state index is 13.9. The van der Waals surface area contributed by atoms with E-state index in [2.05, 4.69) is 27.9 Å². The van der Waals surface area contributed by atoms with Gasteiger partial charge in [-0.1, -0.05) is 37.3 Å². The van der Waals surface area contributed by atoms with Crippen LogP contribution in [-0.2, 0) is 26.2 Å². The van der Waals surface area contributed by atoms with Crippen molar-refractivity contribution in [2.45, 2.75) is 50.7 Å². The maximum atomic E-state index is 13.9. The molecule has 0 aliphatic heterocycles. The SMILES string of the molecule is CCC(C)NC(=O)C(C)N(Cc1ccc(OC)cc1)C(=O)CN(c1ccc(I)cc1)S(=O)(=O)c1ccccc1. The smallest absolute Gasteiger partial charge is 0.264 e. The molecule has 8 nitrogen and oxygen atoms in total. The van der Waals surface area contributed by atoms with Crippen molar-refractivity contribution in [3.63, 3.8) is 0 Å². The molecule has 39 heavy (non-hydrogen) atoms. The second-order valence-electron chi connectivity index (χ2n) is 9.16. The molecule has 1 N–H and O–H groups in total. The number of hydrogen-bond acceptors (Lipinski definition) is 5. The molecular weight excluding hydrogens is 629 g/mol. The van der Waals surface area contributed by atoms with E-state index in [9.17, 15) is 18.0 Å². The van der Waals surface area contributed by atoms with Gasteiger partial charge in [0.05, 0.1) is 17.7 Å². The standard InChI is InChI=1S/C29H34IN3O5S/c1-5-21(2)31-29(35)22(3)32(19-23-11-17-26(38-4)18-12-23)28(34)20-33(25-15-13-24(30)14-16-25)39(36,37)27-9-7-6-8-10-27/h6-18,21-22H,5,19-20H2,1-4H3,(H,31,35). The molecule has 0 saturated heterocycles. The van der Waals surface area contributed by atoms with Crippen LogP contribution in [0.4, 0.5) is 5.69 Å². The minimum absolute atomic E-state index is 0.0698. The molecule has 2 amide bonds. The zero-order valence-electron chi connectivity index (χ0n) is 22.5. The third-order valence-electron chi connectivity index (χ3n) is 6.40. The zero-order valence-corrected chi connectivity index (χ0v) is 25.5. The van der Waals surface area contributed by atoms with Gasteiger partial charge in [0.15, 0.2) is 0 Å². The number of sulfonamides is 1. The highest BCUT2D eigenvalue weighted by Gasteiger charge is 2.32. The third kappa shape index (κ3) is 7.95. The first-order valence-electron chi connectivity index (χ1n) is 12.6. The molecular formula is C29H34IN3O5S. The molecule has 0 saturated carbocycles. The lowest BCUT2D eigenvalue weighted by Crippen LogP contribution is -2.52. The number of rotatable bonds is 12. The van der Waals surface area contributed by atoms with Crippen LogP contribution < -0.4 is 14.4 Å². The molecule has 3 aromatic carbocycles. The zero-order chi connectivity index (χ0) is 28.6. The Hall–Kier alpha value is -3.12. The molecule has 2 unspecified atom stereocenters. The molecule has 0 bridgehead atoms. The van der Waals surface area contributed by atoms with E-state index in [1.54, 1.807) is 68.6 Å². The number of nitrogens with zero attached hydrogens (tertiary/aromatic N) is 2. The van der Waals surface area contributed by atoms with Crippen LogP contribution in [0.3, 0.4) is 0 Å². The molecule has 0 fully saturated rings. The minimum Gasteiger partial charge on any atom is -0.497 e. The lowest BCUT2D eigenvalue weighted by Gasteiger charge is -2.32. The fourth-order valence-corrected chi connectivity index (χ4v) is 5.63. The first kappa shape index (κ1) is 30.4. The summed E-state index contributed by atoms with van der Waals surface area (Å²) in [5.74, 6) is -0.147. The summed E-state index contributed by atoms with van der Waals surface area (Å²) < 4.78 is 34.8. The van der Waals surface area contributed by atoms with Gasteiger partial charge in [-0.15, -0.1) is 0 Å². The molecule has 0 aromatic heterocycles. The predicted molar refractivity (Wildman–Crippen MR) is 161 cm³/mol. The first-order chi connectivity index (χ1) is 18.6. The number of ether oxygens (including phenoxy) is 1. The number of amides is 2. The van der Waals surface area contributed by atoms with Gasteiger partial charge >= 0.3 is 0 Å². The summed E-state index contributed by atoms with van der Waals surface area (Å²) in [5.41, 5.74) is 1.13. The second-order valence-corrected chi connectivity index (χ2v) is 12.3. The van der Waals surface area contributed by atoms with Gasteiger partial charge in [-0.2, -0.15) is 0 Å². The number of carbonyl (C=O) groups is 2. The van der Waals surface area contributed by atoms with Crippen LogP contribution in [0.25, 0.3) is 0 Å². The van der Waals surface area contributed by atoms with Crippen LogP contribution in [-0.4, -0.2) is 50.9 Å². The first-order valence-corrected chi connectivity index (χ1v) is 15.1. The number of benzene rings is 3. The summed E-state index contributed by atoms with van der Waals surface area (Å²) in [7, 11) is -2.51. The van der Waals surface area contributed by atoms with Gasteiger partial charge < -0.3 is 15.0 Å². The van der Waals surface area contributed by atoms with E-state index in [1.165, 1.54) is 17.0 Å². The average molecular weight is 664 g/mol. The van der Waals surface area contributed by atoms with Gasteiger partial charge in [-0.3, -0.25) is 13.9 Å². The summed E-state index contributed by atoms with van der Waals surface area (Å²) in [6.45, 7) is 5.15. The quantitative estimate of drug-likeness (QED) is 0.281. The Kier molecular flexibility index (Phi) is 10.8. The van der Waals surface area contributed by atoms with Crippen molar-refractivity contribution in [3.05, 3.63) is 88.0 Å². The monoisotopic (exact) mass is 663 g/mol. The highest BCUT2D eigenvalue weighted by molar-refractivity contribution is 14.1. The normalized spacial score (nSPS) is 12.7. The van der Waals surface area contributed by atoms with Crippen molar-refractivity contribution < 1.29 is 22.7 Å². The molecule has 3 rings (SSSR count). The number of hydrogen-bond donors (Lipinski definition) is 1. The number of nitrogens with one attached hydrogen (secondary N) is 1.